The number of ether oxygens (including phenoxy) is 1. The molecular weight excluding hydrogens is 507 g/mol. The Labute approximate surface area is 202 Å². The zero-order valence-corrected chi connectivity index (χ0v) is 21.4. The van der Waals surface area contributed by atoms with Crippen LogP contribution in [0.25, 0.3) is 0 Å². The van der Waals surface area contributed by atoms with E-state index in [1.54, 1.807) is 11.3 Å². The molecule has 1 aromatic carbocycles. The molecule has 2 N–H and O–H groups in total. The van der Waals surface area contributed by atoms with Crippen LogP contribution in [0, 0.1) is 5.92 Å². The van der Waals surface area contributed by atoms with Gasteiger partial charge in [-0.1, -0.05) is 13.0 Å². The Morgan fingerprint density at radius 2 is 2.07 bits per heavy atom. The number of nitrogens with zero attached hydrogens (tertiary/aromatic N) is 2. The molecular formula is C23H35IN4OS. The van der Waals surface area contributed by atoms with Crippen molar-refractivity contribution < 1.29 is 4.74 Å². The highest BCUT2D eigenvalue weighted by atomic mass is 127. The van der Waals surface area contributed by atoms with E-state index in [0.717, 1.165) is 50.0 Å². The number of guanidine groups is 1. The summed E-state index contributed by atoms with van der Waals surface area (Å²) in [6, 6.07) is 12.4. The molecule has 3 rings (SSSR count). The van der Waals surface area contributed by atoms with Crippen molar-refractivity contribution >= 4 is 47.0 Å². The molecule has 0 saturated carbocycles. The van der Waals surface area contributed by atoms with Gasteiger partial charge in [0.1, 0.15) is 5.75 Å². The lowest BCUT2D eigenvalue weighted by molar-refractivity contribution is 0.242. The topological polar surface area (TPSA) is 48.9 Å². The highest BCUT2D eigenvalue weighted by molar-refractivity contribution is 14.0. The Morgan fingerprint density at radius 3 is 2.70 bits per heavy atom. The average molecular weight is 543 g/mol. The molecule has 1 aliphatic heterocycles. The summed E-state index contributed by atoms with van der Waals surface area (Å²) in [4.78, 5) is 8.79. The van der Waals surface area contributed by atoms with Crippen LogP contribution in [0.3, 0.4) is 0 Å². The molecule has 2 aromatic rings. The smallest absolute Gasteiger partial charge is 0.195 e. The molecule has 1 aliphatic rings. The van der Waals surface area contributed by atoms with E-state index in [2.05, 4.69) is 40.0 Å². The first-order valence-electron chi connectivity index (χ1n) is 10.7. The number of aliphatic imine (C=N–C) groups is 1. The molecule has 0 spiro atoms. The van der Waals surface area contributed by atoms with Crippen LogP contribution in [0.1, 0.15) is 32.1 Å². The summed E-state index contributed by atoms with van der Waals surface area (Å²) in [5.74, 6) is 2.39. The van der Waals surface area contributed by atoms with Gasteiger partial charge in [0.25, 0.3) is 0 Å². The molecule has 0 radical (unpaired) electrons. The summed E-state index contributed by atoms with van der Waals surface area (Å²) < 4.78 is 5.74. The quantitative estimate of drug-likeness (QED) is 0.263. The molecule has 1 saturated heterocycles. The number of hydrogen-bond donors (Lipinski definition) is 2. The van der Waals surface area contributed by atoms with Gasteiger partial charge in [0.05, 0.1) is 6.10 Å². The Balaban J connectivity index is 0.00000320. The van der Waals surface area contributed by atoms with Crippen molar-refractivity contribution in [3.05, 3.63) is 46.7 Å². The second-order valence-electron chi connectivity index (χ2n) is 7.81. The zero-order valence-electron chi connectivity index (χ0n) is 18.3. The number of likely N-dealkylation sites (tertiary alicyclic amines) is 1. The van der Waals surface area contributed by atoms with Crippen LogP contribution >= 0.6 is 35.3 Å². The van der Waals surface area contributed by atoms with Crippen molar-refractivity contribution in [1.82, 2.24) is 10.2 Å². The van der Waals surface area contributed by atoms with Crippen molar-refractivity contribution in [2.45, 2.75) is 39.7 Å². The van der Waals surface area contributed by atoms with Crippen LogP contribution in [0.4, 0.5) is 5.69 Å². The van der Waals surface area contributed by atoms with Gasteiger partial charge >= 0.3 is 0 Å². The second kappa shape index (κ2) is 13.2. The third kappa shape index (κ3) is 8.43. The molecule has 1 fully saturated rings. The van der Waals surface area contributed by atoms with Gasteiger partial charge in [0.15, 0.2) is 5.96 Å². The number of hydrogen-bond acceptors (Lipinski definition) is 4. The van der Waals surface area contributed by atoms with E-state index in [0.29, 0.717) is 5.92 Å². The summed E-state index contributed by atoms with van der Waals surface area (Å²) in [7, 11) is 0. The third-order valence-corrected chi connectivity index (χ3v) is 5.99. The van der Waals surface area contributed by atoms with Gasteiger partial charge in [0, 0.05) is 30.2 Å². The predicted octanol–water partition coefficient (Wildman–Crippen LogP) is 5.10. The second-order valence-corrected chi connectivity index (χ2v) is 8.84. The predicted molar refractivity (Wildman–Crippen MR) is 140 cm³/mol. The number of rotatable bonds is 9. The fraction of sp³-hybridized carbons (Fsp3) is 0.522. The maximum Gasteiger partial charge on any atom is 0.195 e. The molecule has 1 unspecified atom stereocenters. The summed E-state index contributed by atoms with van der Waals surface area (Å²) in [5, 5.41) is 9.09. The van der Waals surface area contributed by atoms with Gasteiger partial charge in [0.2, 0.25) is 0 Å². The Bertz CT molecular complexity index is 749. The lowest BCUT2D eigenvalue weighted by Crippen LogP contribution is -2.33. The highest BCUT2D eigenvalue weighted by Crippen LogP contribution is 2.18. The Kier molecular flexibility index (Phi) is 11.0. The number of benzene rings is 1. The van der Waals surface area contributed by atoms with Crippen LogP contribution in [0.5, 0.6) is 5.75 Å². The fourth-order valence-electron chi connectivity index (χ4n) is 3.49. The molecule has 166 valence electrons. The molecule has 30 heavy (non-hydrogen) atoms. The number of nitrogens with one attached hydrogen (secondary N) is 2. The lowest BCUT2D eigenvalue weighted by atomic mass is 10.1. The van der Waals surface area contributed by atoms with Crippen molar-refractivity contribution in [2.24, 2.45) is 10.9 Å². The van der Waals surface area contributed by atoms with Crippen molar-refractivity contribution in [2.75, 3.05) is 38.0 Å². The maximum atomic E-state index is 5.74. The average Bonchev–Trinajstić information content (AvgIpc) is 3.39. The van der Waals surface area contributed by atoms with Crippen LogP contribution in [0.2, 0.25) is 0 Å². The van der Waals surface area contributed by atoms with Crippen LogP contribution in [-0.4, -0.2) is 49.7 Å². The van der Waals surface area contributed by atoms with Crippen molar-refractivity contribution in [3.8, 4) is 5.75 Å². The van der Waals surface area contributed by atoms with Crippen LogP contribution in [-0.2, 0) is 6.42 Å². The molecule has 2 heterocycles. The first kappa shape index (κ1) is 24.9. The van der Waals surface area contributed by atoms with Gasteiger partial charge < -0.3 is 20.3 Å². The Morgan fingerprint density at radius 1 is 1.27 bits per heavy atom. The van der Waals surface area contributed by atoms with E-state index in [-0.39, 0.29) is 30.1 Å². The minimum atomic E-state index is 0. The number of thiophene rings is 1. The maximum absolute atomic E-state index is 5.74. The number of halogens is 1. The van der Waals surface area contributed by atoms with E-state index >= 15 is 0 Å². The fourth-order valence-corrected chi connectivity index (χ4v) is 4.20. The highest BCUT2D eigenvalue weighted by Gasteiger charge is 2.20. The van der Waals surface area contributed by atoms with Gasteiger partial charge in [-0.3, -0.25) is 4.99 Å². The summed E-state index contributed by atoms with van der Waals surface area (Å²) in [6.45, 7) is 11.5. The summed E-state index contributed by atoms with van der Waals surface area (Å²) >= 11 is 1.80. The van der Waals surface area contributed by atoms with E-state index in [4.69, 9.17) is 9.73 Å². The minimum absolute atomic E-state index is 0. The molecule has 5 nitrogen and oxygen atoms in total. The first-order valence-corrected chi connectivity index (χ1v) is 11.6. The molecule has 1 aromatic heterocycles. The Hall–Kier alpha value is -1.32. The van der Waals surface area contributed by atoms with Crippen molar-refractivity contribution in [1.29, 1.82) is 0 Å². The van der Waals surface area contributed by atoms with E-state index in [9.17, 15) is 0 Å². The van der Waals surface area contributed by atoms with E-state index < -0.39 is 0 Å². The zero-order chi connectivity index (χ0) is 20.5. The van der Waals surface area contributed by atoms with E-state index in [1.165, 1.54) is 17.8 Å². The molecule has 0 aliphatic carbocycles. The molecule has 1 atom stereocenters. The summed E-state index contributed by atoms with van der Waals surface area (Å²) in [6.07, 6.45) is 2.42. The number of anilines is 1. The first-order chi connectivity index (χ1) is 14.1. The lowest BCUT2D eigenvalue weighted by Gasteiger charge is -2.15. The van der Waals surface area contributed by atoms with Gasteiger partial charge in [-0.25, -0.2) is 0 Å². The monoisotopic (exact) mass is 542 g/mol. The van der Waals surface area contributed by atoms with Gasteiger partial charge in [-0.2, -0.15) is 0 Å². The molecule has 0 bridgehead atoms. The standard InChI is InChI=1S/C23H34N4OS.HI/c1-4-27-14-12-19(17-27)16-25-23(24-13-11-22-6-5-15-29-22)26-20-7-9-21(10-8-20)28-18(2)3;/h5-10,15,18-19H,4,11-14,16-17H2,1-3H3,(H2,24,25,26);1H. The molecule has 7 heteroatoms. The SMILES string of the molecule is CCN1CCC(CN=C(NCCc2cccs2)Nc2ccc(OC(C)C)cc2)C1.I. The van der Waals surface area contributed by atoms with Crippen molar-refractivity contribution in [3.63, 3.8) is 0 Å². The minimum Gasteiger partial charge on any atom is -0.491 e. The van der Waals surface area contributed by atoms with Crippen LogP contribution in [0.15, 0.2) is 46.8 Å². The third-order valence-electron chi connectivity index (χ3n) is 5.06. The summed E-state index contributed by atoms with van der Waals surface area (Å²) in [5.41, 5.74) is 1.02. The normalized spacial score (nSPS) is 17.1. The van der Waals surface area contributed by atoms with Gasteiger partial charge in [-0.05, 0) is 81.4 Å². The van der Waals surface area contributed by atoms with Crippen LogP contribution < -0.4 is 15.4 Å². The molecule has 0 amide bonds. The van der Waals surface area contributed by atoms with E-state index in [1.807, 2.05) is 38.1 Å². The largest absolute Gasteiger partial charge is 0.491 e. The van der Waals surface area contributed by atoms with Gasteiger partial charge in [-0.15, -0.1) is 35.3 Å².